The van der Waals surface area contributed by atoms with E-state index in [9.17, 15) is 5.11 Å². The van der Waals surface area contributed by atoms with Crippen LogP contribution in [0.15, 0.2) is 24.3 Å². The third kappa shape index (κ3) is 3.31. The first-order valence-electron chi connectivity index (χ1n) is 6.87. The maximum absolute atomic E-state index is 10.1. The van der Waals surface area contributed by atoms with Crippen LogP contribution in [0, 0.1) is 0 Å². The number of benzene rings is 1. The van der Waals surface area contributed by atoms with Gasteiger partial charge in [-0.1, -0.05) is 37.1 Å². The quantitative estimate of drug-likeness (QED) is 0.855. The lowest BCUT2D eigenvalue weighted by atomic mass is 9.91. The molecule has 18 heavy (non-hydrogen) atoms. The van der Waals surface area contributed by atoms with Crippen LogP contribution in [0.25, 0.3) is 0 Å². The highest BCUT2D eigenvalue weighted by Gasteiger charge is 2.26. The Morgan fingerprint density at radius 3 is 2.72 bits per heavy atom. The molecular weight excluding hydrogens is 224 g/mol. The average Bonchev–Trinajstić information content (AvgIpc) is 2.39. The first kappa shape index (κ1) is 13.5. The number of aliphatic hydroxyl groups excluding tert-OH is 1. The van der Waals surface area contributed by atoms with E-state index in [0.717, 1.165) is 25.8 Å². The molecule has 2 rings (SSSR count). The van der Waals surface area contributed by atoms with Gasteiger partial charge in [-0.05, 0) is 31.0 Å². The molecule has 1 saturated carbocycles. The van der Waals surface area contributed by atoms with Crippen LogP contribution in [0.4, 0.5) is 0 Å². The zero-order valence-electron chi connectivity index (χ0n) is 11.2. The second kappa shape index (κ2) is 6.32. The van der Waals surface area contributed by atoms with Crippen LogP contribution in [0.5, 0.6) is 0 Å². The highest BCUT2D eigenvalue weighted by atomic mass is 16.3. The van der Waals surface area contributed by atoms with Crippen molar-refractivity contribution in [3.8, 4) is 0 Å². The van der Waals surface area contributed by atoms with Gasteiger partial charge in [0.1, 0.15) is 0 Å². The molecule has 100 valence electrons. The van der Waals surface area contributed by atoms with E-state index in [1.54, 1.807) is 0 Å². The number of aliphatic hydroxyl groups is 1. The van der Waals surface area contributed by atoms with Crippen molar-refractivity contribution >= 4 is 0 Å². The standard InChI is InChI=1S/C15H24N2O/c1-17(14-7-2-3-8-15(14)18)11-13-6-4-5-12(9-13)10-16/h4-6,9,14-15,18H,2-3,7-8,10-11,16H2,1H3. The summed E-state index contributed by atoms with van der Waals surface area (Å²) in [5, 5.41) is 10.1. The number of nitrogens with two attached hydrogens (primary N) is 1. The minimum Gasteiger partial charge on any atom is -0.391 e. The van der Waals surface area contributed by atoms with Crippen LogP contribution >= 0.6 is 0 Å². The van der Waals surface area contributed by atoms with Crippen LogP contribution in [0.2, 0.25) is 0 Å². The first-order chi connectivity index (χ1) is 8.70. The Bertz CT molecular complexity index is 381. The summed E-state index contributed by atoms with van der Waals surface area (Å²) in [7, 11) is 2.11. The van der Waals surface area contributed by atoms with Gasteiger partial charge in [0.2, 0.25) is 0 Å². The second-order valence-electron chi connectivity index (χ2n) is 5.36. The van der Waals surface area contributed by atoms with E-state index in [2.05, 4.69) is 36.2 Å². The summed E-state index contributed by atoms with van der Waals surface area (Å²) in [5.74, 6) is 0. The Kier molecular flexibility index (Phi) is 4.75. The van der Waals surface area contributed by atoms with Gasteiger partial charge in [-0.15, -0.1) is 0 Å². The topological polar surface area (TPSA) is 49.5 Å². The molecule has 0 spiro atoms. The molecule has 1 aromatic rings. The van der Waals surface area contributed by atoms with Crippen LogP contribution < -0.4 is 5.73 Å². The van der Waals surface area contributed by atoms with Crippen LogP contribution in [-0.2, 0) is 13.1 Å². The lowest BCUT2D eigenvalue weighted by Crippen LogP contribution is -2.42. The number of hydrogen-bond donors (Lipinski definition) is 2. The lowest BCUT2D eigenvalue weighted by Gasteiger charge is -2.35. The fourth-order valence-electron chi connectivity index (χ4n) is 2.87. The molecule has 0 aromatic heterocycles. The van der Waals surface area contributed by atoms with Gasteiger partial charge < -0.3 is 10.8 Å². The monoisotopic (exact) mass is 248 g/mol. The summed E-state index contributed by atoms with van der Waals surface area (Å²) in [5.41, 5.74) is 8.11. The number of likely N-dealkylation sites (N-methyl/N-ethyl adjacent to an activating group) is 1. The molecule has 3 nitrogen and oxygen atoms in total. The van der Waals surface area contributed by atoms with Crippen molar-refractivity contribution in [2.75, 3.05) is 7.05 Å². The van der Waals surface area contributed by atoms with Gasteiger partial charge in [0.05, 0.1) is 6.10 Å². The predicted molar refractivity (Wildman–Crippen MR) is 74.1 cm³/mol. The number of rotatable bonds is 4. The maximum Gasteiger partial charge on any atom is 0.0695 e. The highest BCUT2D eigenvalue weighted by molar-refractivity contribution is 5.23. The van der Waals surface area contributed by atoms with Crippen molar-refractivity contribution in [3.63, 3.8) is 0 Å². The van der Waals surface area contributed by atoms with Gasteiger partial charge in [-0.25, -0.2) is 0 Å². The number of nitrogens with zero attached hydrogens (tertiary/aromatic N) is 1. The van der Waals surface area contributed by atoms with Gasteiger partial charge in [0.15, 0.2) is 0 Å². The Balaban J connectivity index is 1.98. The predicted octanol–water partition coefficient (Wildman–Crippen LogP) is 1.88. The molecule has 0 bridgehead atoms. The molecule has 2 unspecified atom stereocenters. The van der Waals surface area contributed by atoms with E-state index in [0.29, 0.717) is 12.6 Å². The van der Waals surface area contributed by atoms with Crippen LogP contribution in [0.3, 0.4) is 0 Å². The SMILES string of the molecule is CN(Cc1cccc(CN)c1)C1CCCCC1O. The lowest BCUT2D eigenvalue weighted by molar-refractivity contribution is 0.0288. The molecule has 1 aliphatic rings. The van der Waals surface area contributed by atoms with E-state index in [-0.39, 0.29) is 6.10 Å². The van der Waals surface area contributed by atoms with E-state index < -0.39 is 0 Å². The number of hydrogen-bond acceptors (Lipinski definition) is 3. The molecule has 0 heterocycles. The molecule has 0 aliphatic heterocycles. The van der Waals surface area contributed by atoms with E-state index >= 15 is 0 Å². The zero-order valence-corrected chi connectivity index (χ0v) is 11.2. The van der Waals surface area contributed by atoms with Crippen molar-refractivity contribution in [3.05, 3.63) is 35.4 Å². The molecular formula is C15H24N2O. The second-order valence-corrected chi connectivity index (χ2v) is 5.36. The minimum absolute atomic E-state index is 0.165. The highest BCUT2D eigenvalue weighted by Crippen LogP contribution is 2.23. The van der Waals surface area contributed by atoms with Crippen LogP contribution in [0.1, 0.15) is 36.8 Å². The normalized spacial score (nSPS) is 24.4. The first-order valence-corrected chi connectivity index (χ1v) is 6.87. The van der Waals surface area contributed by atoms with Crippen molar-refractivity contribution < 1.29 is 5.11 Å². The van der Waals surface area contributed by atoms with Gasteiger partial charge in [0, 0.05) is 19.1 Å². The average molecular weight is 248 g/mol. The van der Waals surface area contributed by atoms with Crippen molar-refractivity contribution in [1.29, 1.82) is 0 Å². The van der Waals surface area contributed by atoms with E-state index in [1.165, 1.54) is 17.5 Å². The van der Waals surface area contributed by atoms with Crippen molar-refractivity contribution in [2.24, 2.45) is 5.73 Å². The molecule has 0 saturated heterocycles. The summed E-state index contributed by atoms with van der Waals surface area (Å²) < 4.78 is 0. The molecule has 1 aliphatic carbocycles. The summed E-state index contributed by atoms with van der Waals surface area (Å²) in [6.07, 6.45) is 4.27. The van der Waals surface area contributed by atoms with E-state index in [1.807, 2.05) is 0 Å². The minimum atomic E-state index is -0.165. The Morgan fingerprint density at radius 1 is 1.28 bits per heavy atom. The fourth-order valence-corrected chi connectivity index (χ4v) is 2.87. The summed E-state index contributed by atoms with van der Waals surface area (Å²) >= 11 is 0. The van der Waals surface area contributed by atoms with Gasteiger partial charge >= 0.3 is 0 Å². The molecule has 2 atom stereocenters. The summed E-state index contributed by atoms with van der Waals surface area (Å²) in [6, 6.07) is 8.71. The largest absolute Gasteiger partial charge is 0.391 e. The van der Waals surface area contributed by atoms with Crippen LogP contribution in [-0.4, -0.2) is 29.2 Å². The molecule has 3 N–H and O–H groups in total. The zero-order chi connectivity index (χ0) is 13.0. The smallest absolute Gasteiger partial charge is 0.0695 e. The van der Waals surface area contributed by atoms with Gasteiger partial charge in [0.25, 0.3) is 0 Å². The summed E-state index contributed by atoms with van der Waals surface area (Å²) in [6.45, 7) is 1.47. The van der Waals surface area contributed by atoms with E-state index in [4.69, 9.17) is 5.73 Å². The fraction of sp³-hybridized carbons (Fsp3) is 0.600. The van der Waals surface area contributed by atoms with Crippen molar-refractivity contribution in [2.45, 2.75) is 50.9 Å². The summed E-state index contributed by atoms with van der Waals surface area (Å²) in [4.78, 5) is 2.28. The third-order valence-electron chi connectivity index (χ3n) is 3.92. The Labute approximate surface area is 110 Å². The van der Waals surface area contributed by atoms with Gasteiger partial charge in [-0.3, -0.25) is 4.90 Å². The molecule has 1 aromatic carbocycles. The Morgan fingerprint density at radius 2 is 2.00 bits per heavy atom. The third-order valence-corrected chi connectivity index (χ3v) is 3.92. The maximum atomic E-state index is 10.1. The molecule has 0 radical (unpaired) electrons. The molecule has 1 fully saturated rings. The molecule has 3 heteroatoms. The molecule has 0 amide bonds. The Hall–Kier alpha value is -0.900. The van der Waals surface area contributed by atoms with Gasteiger partial charge in [-0.2, -0.15) is 0 Å². The van der Waals surface area contributed by atoms with Crippen molar-refractivity contribution in [1.82, 2.24) is 4.90 Å².